The minimum Gasteiger partial charge on any atom is -0.445 e. The van der Waals surface area contributed by atoms with Gasteiger partial charge in [-0.1, -0.05) is 43.3 Å². The van der Waals surface area contributed by atoms with Crippen molar-refractivity contribution < 1.29 is 9.53 Å². The third-order valence-corrected chi connectivity index (χ3v) is 2.27. The quantitative estimate of drug-likeness (QED) is 0.464. The van der Waals surface area contributed by atoms with Gasteiger partial charge in [0.05, 0.1) is 6.54 Å². The van der Waals surface area contributed by atoms with Gasteiger partial charge in [-0.2, -0.15) is 0 Å². The predicted octanol–water partition coefficient (Wildman–Crippen LogP) is 1.24. The first-order valence-corrected chi connectivity index (χ1v) is 6.44. The fourth-order valence-corrected chi connectivity index (χ4v) is 1.37. The Hall–Kier alpha value is -2.05. The molecule has 112 valence electrons. The maximum atomic E-state index is 11.4. The highest BCUT2D eigenvalue weighted by Gasteiger charge is 2.03. The van der Waals surface area contributed by atoms with E-state index in [9.17, 15) is 4.79 Å². The second-order valence-electron chi connectivity index (χ2n) is 3.70. The van der Waals surface area contributed by atoms with Crippen molar-refractivity contribution >= 4 is 6.09 Å². The molecule has 0 heterocycles. The Morgan fingerprint density at radius 1 is 1.30 bits per heavy atom. The van der Waals surface area contributed by atoms with Gasteiger partial charge in [0.1, 0.15) is 6.61 Å². The normalized spacial score (nSPS) is 10.1. The van der Waals surface area contributed by atoms with Crippen LogP contribution in [-0.4, -0.2) is 19.7 Å². The summed E-state index contributed by atoms with van der Waals surface area (Å²) in [7, 11) is 1.50. The molecule has 1 rings (SSSR count). The van der Waals surface area contributed by atoms with Gasteiger partial charge in [-0.15, -0.1) is 0 Å². The molecule has 0 unspecified atom stereocenters. The van der Waals surface area contributed by atoms with Crippen molar-refractivity contribution in [3.05, 3.63) is 47.7 Å². The summed E-state index contributed by atoms with van der Waals surface area (Å²) >= 11 is 0. The summed E-state index contributed by atoms with van der Waals surface area (Å²) in [4.78, 5) is 11.4. The molecular formula is C14H24N4O2. The topological polar surface area (TPSA) is 102 Å². The van der Waals surface area contributed by atoms with E-state index in [1.54, 1.807) is 0 Å². The van der Waals surface area contributed by atoms with Gasteiger partial charge in [0.15, 0.2) is 0 Å². The summed E-state index contributed by atoms with van der Waals surface area (Å²) in [6.07, 6.45) is 2.29. The first-order valence-electron chi connectivity index (χ1n) is 6.44. The van der Waals surface area contributed by atoms with E-state index in [2.05, 4.69) is 16.5 Å². The standard InChI is InChI=1S/C13H19N3O2.CH5N/c1-2-6-12(16-14)9-15-13(17)18-10-11-7-4-3-5-8-11;1-2/h3-8,16H,2,9-10,14H2,1H3,(H,15,17);2H2,1H3/b12-6+;. The van der Waals surface area contributed by atoms with Crippen LogP contribution < -0.4 is 22.3 Å². The number of carbonyl (C=O) groups is 1. The highest BCUT2D eigenvalue weighted by Crippen LogP contribution is 2.00. The van der Waals surface area contributed by atoms with Gasteiger partial charge in [-0.05, 0) is 19.0 Å². The third-order valence-electron chi connectivity index (χ3n) is 2.27. The Bertz CT molecular complexity index is 393. The van der Waals surface area contributed by atoms with E-state index < -0.39 is 6.09 Å². The number of rotatable bonds is 6. The van der Waals surface area contributed by atoms with Crippen molar-refractivity contribution in [2.45, 2.75) is 20.0 Å². The zero-order valence-electron chi connectivity index (χ0n) is 12.1. The number of hydrogen-bond acceptors (Lipinski definition) is 5. The number of nitrogens with one attached hydrogen (secondary N) is 2. The molecule has 0 aromatic heterocycles. The summed E-state index contributed by atoms with van der Waals surface area (Å²) in [6, 6.07) is 9.51. The molecule has 20 heavy (non-hydrogen) atoms. The van der Waals surface area contributed by atoms with Crippen molar-refractivity contribution in [1.29, 1.82) is 0 Å². The summed E-state index contributed by atoms with van der Waals surface area (Å²) in [5, 5.41) is 2.62. The molecule has 6 N–H and O–H groups in total. The lowest BCUT2D eigenvalue weighted by Crippen LogP contribution is -2.33. The van der Waals surface area contributed by atoms with E-state index in [1.165, 1.54) is 7.05 Å². The molecule has 6 nitrogen and oxygen atoms in total. The van der Waals surface area contributed by atoms with Crippen molar-refractivity contribution in [2.24, 2.45) is 11.6 Å². The number of hydrogen-bond donors (Lipinski definition) is 4. The second-order valence-corrected chi connectivity index (χ2v) is 3.70. The molecule has 0 aliphatic heterocycles. The van der Waals surface area contributed by atoms with Crippen LogP contribution in [0.1, 0.15) is 18.9 Å². The van der Waals surface area contributed by atoms with Crippen molar-refractivity contribution in [3.8, 4) is 0 Å². The first-order chi connectivity index (χ1) is 9.76. The number of ether oxygens (including phenoxy) is 1. The van der Waals surface area contributed by atoms with Gasteiger partial charge in [-0.25, -0.2) is 4.79 Å². The molecule has 0 saturated carbocycles. The summed E-state index contributed by atoms with van der Waals surface area (Å²) < 4.78 is 5.06. The Morgan fingerprint density at radius 3 is 2.50 bits per heavy atom. The molecule has 0 radical (unpaired) electrons. The third kappa shape index (κ3) is 8.12. The van der Waals surface area contributed by atoms with Crippen LogP contribution in [-0.2, 0) is 11.3 Å². The highest BCUT2D eigenvalue weighted by atomic mass is 16.5. The number of benzene rings is 1. The van der Waals surface area contributed by atoms with Gasteiger partial charge in [0.25, 0.3) is 0 Å². The molecule has 1 aromatic rings. The molecule has 0 aliphatic carbocycles. The van der Waals surface area contributed by atoms with Crippen LogP contribution in [0.3, 0.4) is 0 Å². The lowest BCUT2D eigenvalue weighted by molar-refractivity contribution is 0.140. The van der Waals surface area contributed by atoms with E-state index in [0.717, 1.165) is 17.7 Å². The fraction of sp³-hybridized carbons (Fsp3) is 0.357. The minimum atomic E-state index is -0.462. The number of carbonyl (C=O) groups excluding carboxylic acids is 1. The summed E-state index contributed by atoms with van der Waals surface area (Å²) in [5.74, 6) is 5.30. The maximum Gasteiger partial charge on any atom is 0.407 e. The van der Waals surface area contributed by atoms with Gasteiger partial charge in [0.2, 0.25) is 0 Å². The van der Waals surface area contributed by atoms with Crippen LogP contribution in [0.15, 0.2) is 42.1 Å². The number of alkyl carbamates (subject to hydrolysis) is 1. The van der Waals surface area contributed by atoms with Crippen molar-refractivity contribution in [2.75, 3.05) is 13.6 Å². The smallest absolute Gasteiger partial charge is 0.407 e. The Labute approximate surface area is 120 Å². The maximum absolute atomic E-state index is 11.4. The largest absolute Gasteiger partial charge is 0.445 e. The average molecular weight is 280 g/mol. The van der Waals surface area contributed by atoms with Crippen molar-refractivity contribution in [1.82, 2.24) is 10.7 Å². The molecular weight excluding hydrogens is 256 g/mol. The molecule has 1 amide bonds. The lowest BCUT2D eigenvalue weighted by atomic mass is 10.2. The molecule has 0 saturated heterocycles. The van der Waals surface area contributed by atoms with Gasteiger partial charge < -0.3 is 21.2 Å². The molecule has 0 bridgehead atoms. The number of hydrazine groups is 1. The Kier molecular flexibility index (Phi) is 10.8. The number of amides is 1. The molecule has 6 heteroatoms. The van der Waals surface area contributed by atoms with E-state index in [4.69, 9.17) is 10.6 Å². The van der Waals surface area contributed by atoms with E-state index in [-0.39, 0.29) is 6.61 Å². The van der Waals surface area contributed by atoms with Gasteiger partial charge in [0, 0.05) is 5.70 Å². The van der Waals surface area contributed by atoms with Crippen LogP contribution in [0.25, 0.3) is 0 Å². The lowest BCUT2D eigenvalue weighted by Gasteiger charge is -2.09. The van der Waals surface area contributed by atoms with Crippen LogP contribution in [0.5, 0.6) is 0 Å². The van der Waals surface area contributed by atoms with Crippen molar-refractivity contribution in [3.63, 3.8) is 0 Å². The van der Waals surface area contributed by atoms with Gasteiger partial charge in [-0.3, -0.25) is 5.84 Å². The van der Waals surface area contributed by atoms with Crippen LogP contribution >= 0.6 is 0 Å². The predicted molar refractivity (Wildman–Crippen MR) is 80.4 cm³/mol. The molecule has 1 aromatic carbocycles. The summed E-state index contributed by atoms with van der Waals surface area (Å²) in [5.41, 5.74) is 8.73. The van der Waals surface area contributed by atoms with Crippen LogP contribution in [0.4, 0.5) is 4.79 Å². The summed E-state index contributed by atoms with van der Waals surface area (Å²) in [6.45, 7) is 2.58. The molecule has 0 spiro atoms. The highest BCUT2D eigenvalue weighted by molar-refractivity contribution is 5.67. The molecule has 0 fully saturated rings. The van der Waals surface area contributed by atoms with E-state index in [0.29, 0.717) is 6.54 Å². The first kappa shape index (κ1) is 17.9. The van der Waals surface area contributed by atoms with E-state index >= 15 is 0 Å². The Morgan fingerprint density at radius 2 is 1.95 bits per heavy atom. The zero-order chi connectivity index (χ0) is 15.2. The van der Waals surface area contributed by atoms with Crippen LogP contribution in [0.2, 0.25) is 0 Å². The van der Waals surface area contributed by atoms with Crippen LogP contribution in [0, 0.1) is 0 Å². The minimum absolute atomic E-state index is 0.259. The number of allylic oxidation sites excluding steroid dienone is 1. The fourth-order valence-electron chi connectivity index (χ4n) is 1.37. The Balaban J connectivity index is 0.00000172. The molecule has 0 aliphatic rings. The monoisotopic (exact) mass is 280 g/mol. The average Bonchev–Trinajstić information content (AvgIpc) is 2.52. The molecule has 0 atom stereocenters. The number of nitrogens with two attached hydrogens (primary N) is 2. The van der Waals surface area contributed by atoms with Gasteiger partial charge >= 0.3 is 6.09 Å². The zero-order valence-corrected chi connectivity index (χ0v) is 12.1. The van der Waals surface area contributed by atoms with E-state index in [1.807, 2.05) is 43.3 Å². The second kappa shape index (κ2) is 12.0. The SMILES string of the molecule is CC/C=C(\CNC(=O)OCc1ccccc1)NN.CN.